The largest absolute Gasteiger partial charge is 0.507 e. The molecule has 0 bridgehead atoms. The molecule has 4 rings (SSSR count). The summed E-state index contributed by atoms with van der Waals surface area (Å²) in [4.78, 5) is 41.8. The number of carbonyl (C=O) groups excluding carboxylic acids is 2. The second-order valence-electron chi connectivity index (χ2n) is 7.50. The minimum atomic E-state index is -0.790. The fraction of sp³-hybridized carbons (Fsp3) is 0.174. The summed E-state index contributed by atoms with van der Waals surface area (Å²) in [6.45, 7) is 0.902. The van der Waals surface area contributed by atoms with Gasteiger partial charge < -0.3 is 14.6 Å². The number of halogens is 1. The molecule has 0 aliphatic carbocycles. The number of nitrogens with zero attached hydrogens (tertiary/aromatic N) is 4. The molecule has 33 heavy (non-hydrogen) atoms. The standard InChI is InChI=1S/C23H19BrN4O5/c24-17-6-2-15(3-7-17)20-19(21(29)16-4-8-18(9-5-16)28(32)33)22(30)23(31)27(20)12-1-11-26-13-10-25-14-26/h2-10,13-14,20,29H,1,11-12H2/b21-19+. The molecule has 0 saturated carbocycles. The van der Waals surface area contributed by atoms with E-state index in [1.165, 1.54) is 29.2 Å². The predicted molar refractivity (Wildman–Crippen MR) is 123 cm³/mol. The van der Waals surface area contributed by atoms with Crippen molar-refractivity contribution in [3.8, 4) is 0 Å². The van der Waals surface area contributed by atoms with Gasteiger partial charge in [-0.05, 0) is 36.2 Å². The van der Waals surface area contributed by atoms with E-state index in [9.17, 15) is 24.8 Å². The molecule has 1 fully saturated rings. The van der Waals surface area contributed by atoms with Crippen LogP contribution in [-0.4, -0.2) is 42.7 Å². The number of amides is 1. The lowest BCUT2D eigenvalue weighted by Crippen LogP contribution is -2.31. The minimum absolute atomic E-state index is 0.0428. The number of rotatable bonds is 7. The van der Waals surface area contributed by atoms with Crippen LogP contribution in [0.5, 0.6) is 0 Å². The van der Waals surface area contributed by atoms with E-state index < -0.39 is 22.7 Å². The topological polar surface area (TPSA) is 119 Å². The Bertz CT molecular complexity index is 1220. The Balaban J connectivity index is 1.72. The lowest BCUT2D eigenvalue weighted by molar-refractivity contribution is -0.384. The first kappa shape index (κ1) is 22.4. The van der Waals surface area contributed by atoms with E-state index in [4.69, 9.17) is 0 Å². The van der Waals surface area contributed by atoms with Gasteiger partial charge in [-0.25, -0.2) is 4.98 Å². The van der Waals surface area contributed by atoms with Crippen LogP contribution in [-0.2, 0) is 16.1 Å². The summed E-state index contributed by atoms with van der Waals surface area (Å²) in [5.41, 5.74) is 0.706. The SMILES string of the molecule is O=C1C(=O)N(CCCn2ccnc2)C(c2ccc(Br)cc2)/C1=C(\O)c1ccc([N+](=O)[O-])cc1. The number of hydrogen-bond acceptors (Lipinski definition) is 6. The number of hydrogen-bond donors (Lipinski definition) is 1. The van der Waals surface area contributed by atoms with E-state index in [1.807, 2.05) is 10.8 Å². The average Bonchev–Trinajstić information content (AvgIpc) is 3.41. The van der Waals surface area contributed by atoms with Crippen molar-refractivity contribution in [2.24, 2.45) is 0 Å². The second kappa shape index (κ2) is 9.37. The smallest absolute Gasteiger partial charge is 0.295 e. The number of imidazole rings is 1. The van der Waals surface area contributed by atoms with Crippen molar-refractivity contribution in [3.05, 3.63) is 98.5 Å². The Hall–Kier alpha value is -3.79. The quantitative estimate of drug-likeness (QED) is 0.168. The highest BCUT2D eigenvalue weighted by Crippen LogP contribution is 2.40. The van der Waals surface area contributed by atoms with Gasteiger partial charge in [0.1, 0.15) is 5.76 Å². The summed E-state index contributed by atoms with van der Waals surface area (Å²) >= 11 is 3.38. The molecule has 1 atom stereocenters. The van der Waals surface area contributed by atoms with Gasteiger partial charge >= 0.3 is 0 Å². The van der Waals surface area contributed by atoms with Crippen LogP contribution < -0.4 is 0 Å². The van der Waals surface area contributed by atoms with E-state index in [0.717, 1.165) is 4.47 Å². The maximum absolute atomic E-state index is 13.0. The van der Waals surface area contributed by atoms with Crippen molar-refractivity contribution in [2.45, 2.75) is 19.0 Å². The number of likely N-dealkylation sites (tertiary alicyclic amines) is 1. The van der Waals surface area contributed by atoms with Crippen LogP contribution in [0.2, 0.25) is 0 Å². The van der Waals surface area contributed by atoms with Crippen molar-refractivity contribution in [2.75, 3.05) is 6.54 Å². The third-order valence-corrected chi connectivity index (χ3v) is 5.98. The molecule has 1 amide bonds. The highest BCUT2D eigenvalue weighted by Gasteiger charge is 2.45. The number of nitro groups is 1. The Morgan fingerprint density at radius 1 is 1.09 bits per heavy atom. The van der Waals surface area contributed by atoms with E-state index in [-0.39, 0.29) is 22.6 Å². The summed E-state index contributed by atoms with van der Waals surface area (Å²) < 4.78 is 2.71. The molecule has 1 aliphatic heterocycles. The number of carbonyl (C=O) groups is 2. The van der Waals surface area contributed by atoms with Gasteiger partial charge in [0.05, 0.1) is 22.9 Å². The Morgan fingerprint density at radius 3 is 2.39 bits per heavy atom. The lowest BCUT2D eigenvalue weighted by Gasteiger charge is -2.25. The van der Waals surface area contributed by atoms with Crippen LogP contribution in [0, 0.1) is 10.1 Å². The average molecular weight is 511 g/mol. The Morgan fingerprint density at radius 2 is 1.79 bits per heavy atom. The molecule has 1 N–H and O–H groups in total. The van der Waals surface area contributed by atoms with Crippen LogP contribution in [0.3, 0.4) is 0 Å². The minimum Gasteiger partial charge on any atom is -0.507 e. The number of non-ortho nitro benzene ring substituents is 1. The van der Waals surface area contributed by atoms with Crippen LogP contribution in [0.25, 0.3) is 5.76 Å². The highest BCUT2D eigenvalue weighted by molar-refractivity contribution is 9.10. The zero-order valence-electron chi connectivity index (χ0n) is 17.3. The molecule has 1 aliphatic rings. The molecule has 2 heterocycles. The number of Topliss-reactive ketones (excluding diaryl/α,β-unsaturated/α-hetero) is 1. The van der Waals surface area contributed by atoms with Gasteiger partial charge in [-0.15, -0.1) is 0 Å². The molecular weight excluding hydrogens is 492 g/mol. The van der Waals surface area contributed by atoms with Gasteiger partial charge in [0.25, 0.3) is 17.4 Å². The van der Waals surface area contributed by atoms with E-state index in [1.54, 1.807) is 36.8 Å². The summed E-state index contributed by atoms with van der Waals surface area (Å²) in [7, 11) is 0. The van der Waals surface area contributed by atoms with Crippen LogP contribution >= 0.6 is 15.9 Å². The lowest BCUT2D eigenvalue weighted by atomic mass is 9.95. The summed E-state index contributed by atoms with van der Waals surface area (Å²) in [5, 5.41) is 21.9. The molecule has 0 radical (unpaired) electrons. The number of benzene rings is 2. The first-order chi connectivity index (χ1) is 15.9. The van der Waals surface area contributed by atoms with Crippen molar-refractivity contribution in [1.82, 2.24) is 14.5 Å². The van der Waals surface area contributed by atoms with Gasteiger partial charge in [-0.3, -0.25) is 19.7 Å². The molecule has 3 aromatic rings. The normalized spacial score (nSPS) is 17.5. The third-order valence-electron chi connectivity index (χ3n) is 5.45. The van der Waals surface area contributed by atoms with Gasteiger partial charge in [0.15, 0.2) is 0 Å². The highest BCUT2D eigenvalue weighted by atomic mass is 79.9. The van der Waals surface area contributed by atoms with Gasteiger partial charge in [-0.1, -0.05) is 28.1 Å². The van der Waals surface area contributed by atoms with Crippen LogP contribution in [0.1, 0.15) is 23.6 Å². The molecule has 1 saturated heterocycles. The van der Waals surface area contributed by atoms with Crippen LogP contribution in [0.15, 0.2) is 77.3 Å². The second-order valence-corrected chi connectivity index (χ2v) is 8.42. The zero-order chi connectivity index (χ0) is 23.5. The van der Waals surface area contributed by atoms with E-state index in [0.29, 0.717) is 25.1 Å². The van der Waals surface area contributed by atoms with E-state index >= 15 is 0 Å². The van der Waals surface area contributed by atoms with Gasteiger partial charge in [-0.2, -0.15) is 0 Å². The molecular formula is C23H19BrN4O5. The first-order valence-corrected chi connectivity index (χ1v) is 10.9. The molecule has 1 unspecified atom stereocenters. The molecule has 0 spiro atoms. The van der Waals surface area contributed by atoms with Crippen molar-refractivity contribution < 1.29 is 19.6 Å². The molecule has 10 heteroatoms. The fourth-order valence-electron chi connectivity index (χ4n) is 3.84. The number of aliphatic hydroxyl groups is 1. The summed E-state index contributed by atoms with van der Waals surface area (Å²) in [6.07, 6.45) is 5.73. The maximum Gasteiger partial charge on any atom is 0.295 e. The number of nitro benzene ring substituents is 1. The number of ketones is 1. The molecule has 9 nitrogen and oxygen atoms in total. The zero-order valence-corrected chi connectivity index (χ0v) is 18.9. The fourth-order valence-corrected chi connectivity index (χ4v) is 4.11. The van der Waals surface area contributed by atoms with Crippen molar-refractivity contribution >= 4 is 39.1 Å². The Labute approximate surface area is 197 Å². The van der Waals surface area contributed by atoms with Crippen LogP contribution in [0.4, 0.5) is 5.69 Å². The molecule has 168 valence electrons. The monoisotopic (exact) mass is 510 g/mol. The number of aliphatic hydroxyl groups excluding tert-OH is 1. The number of aryl methyl sites for hydroxylation is 1. The third kappa shape index (κ3) is 4.56. The first-order valence-electron chi connectivity index (χ1n) is 10.1. The maximum atomic E-state index is 13.0. The van der Waals surface area contributed by atoms with Crippen molar-refractivity contribution in [3.63, 3.8) is 0 Å². The summed E-state index contributed by atoms with van der Waals surface area (Å²) in [6, 6.07) is 11.6. The molecule has 2 aromatic carbocycles. The van der Waals surface area contributed by atoms with Gasteiger partial charge in [0, 0.05) is 47.7 Å². The summed E-state index contributed by atoms with van der Waals surface area (Å²) in [5.74, 6) is -1.85. The number of aromatic nitrogens is 2. The predicted octanol–water partition coefficient (Wildman–Crippen LogP) is 4.07. The Kier molecular flexibility index (Phi) is 6.36. The van der Waals surface area contributed by atoms with Crippen molar-refractivity contribution in [1.29, 1.82) is 0 Å². The van der Waals surface area contributed by atoms with E-state index in [2.05, 4.69) is 20.9 Å². The molecule has 1 aromatic heterocycles. The van der Waals surface area contributed by atoms with Gasteiger partial charge in [0.2, 0.25) is 0 Å².